The molecule has 3 nitrogen and oxygen atoms in total. The molecule has 1 aromatic rings. The maximum absolute atomic E-state index is 9.51. The minimum atomic E-state index is 0.0103. The van der Waals surface area contributed by atoms with Crippen LogP contribution in [-0.2, 0) is 13.0 Å². The molecule has 0 saturated carbocycles. The second-order valence-electron chi connectivity index (χ2n) is 7.84. The Labute approximate surface area is 134 Å². The number of likely N-dealkylation sites (tertiary alicyclic amines) is 1. The van der Waals surface area contributed by atoms with E-state index in [9.17, 15) is 5.11 Å². The molecule has 0 radical (unpaired) electrons. The smallest absolute Gasteiger partial charge is 0.0494 e. The van der Waals surface area contributed by atoms with E-state index in [1.807, 2.05) is 0 Å². The fourth-order valence-corrected chi connectivity index (χ4v) is 3.96. The van der Waals surface area contributed by atoms with Crippen LogP contribution in [0, 0.1) is 5.41 Å². The summed E-state index contributed by atoms with van der Waals surface area (Å²) in [5.41, 5.74) is 3.06. The first-order valence-corrected chi connectivity index (χ1v) is 8.71. The average molecular weight is 302 g/mol. The van der Waals surface area contributed by atoms with Crippen molar-refractivity contribution in [3.63, 3.8) is 0 Å². The van der Waals surface area contributed by atoms with Gasteiger partial charge in [-0.2, -0.15) is 0 Å². The number of aliphatic hydroxyl groups excluding tert-OH is 1. The molecule has 0 spiro atoms. The van der Waals surface area contributed by atoms with Crippen molar-refractivity contribution in [2.75, 3.05) is 32.8 Å². The first kappa shape index (κ1) is 16.0. The summed E-state index contributed by atoms with van der Waals surface area (Å²) in [6, 6.07) is 9.57. The molecule has 1 atom stereocenters. The van der Waals surface area contributed by atoms with Crippen LogP contribution in [0.3, 0.4) is 0 Å². The molecule has 3 rings (SSSR count). The van der Waals surface area contributed by atoms with E-state index in [4.69, 9.17) is 0 Å². The molecule has 2 heterocycles. The van der Waals surface area contributed by atoms with Gasteiger partial charge in [-0.25, -0.2) is 0 Å². The van der Waals surface area contributed by atoms with E-state index in [2.05, 4.69) is 47.9 Å². The molecular formula is C19H30N2O. The van der Waals surface area contributed by atoms with Gasteiger partial charge in [0.25, 0.3) is 0 Å². The Morgan fingerprint density at radius 1 is 1.18 bits per heavy atom. The van der Waals surface area contributed by atoms with Crippen LogP contribution in [0.2, 0.25) is 0 Å². The van der Waals surface area contributed by atoms with Gasteiger partial charge >= 0.3 is 0 Å². The molecule has 1 saturated heterocycles. The van der Waals surface area contributed by atoms with E-state index in [1.54, 1.807) is 0 Å². The summed E-state index contributed by atoms with van der Waals surface area (Å²) in [5.74, 6) is 0. The van der Waals surface area contributed by atoms with Crippen LogP contribution < -0.4 is 0 Å². The molecule has 2 aliphatic heterocycles. The number of piperidine rings is 1. The molecule has 0 unspecified atom stereocenters. The third-order valence-corrected chi connectivity index (χ3v) is 5.24. The van der Waals surface area contributed by atoms with E-state index in [1.165, 1.54) is 43.5 Å². The molecule has 0 aliphatic carbocycles. The molecular weight excluding hydrogens is 272 g/mol. The fraction of sp³-hybridized carbons (Fsp3) is 0.684. The van der Waals surface area contributed by atoms with Crippen molar-refractivity contribution in [1.82, 2.24) is 9.80 Å². The molecule has 3 heteroatoms. The summed E-state index contributed by atoms with van der Waals surface area (Å²) >= 11 is 0. The Balaban J connectivity index is 1.61. The number of hydrogen-bond acceptors (Lipinski definition) is 3. The van der Waals surface area contributed by atoms with Crippen molar-refractivity contribution in [2.45, 2.75) is 45.7 Å². The molecule has 0 bridgehead atoms. The normalized spacial score (nSPS) is 24.2. The van der Waals surface area contributed by atoms with Crippen molar-refractivity contribution in [3.05, 3.63) is 35.4 Å². The minimum Gasteiger partial charge on any atom is -0.396 e. The molecule has 2 aliphatic rings. The van der Waals surface area contributed by atoms with Crippen molar-refractivity contribution < 1.29 is 5.11 Å². The molecule has 1 N–H and O–H groups in total. The lowest BCUT2D eigenvalue weighted by molar-refractivity contribution is 0.0475. The van der Waals surface area contributed by atoms with Gasteiger partial charge in [0, 0.05) is 44.2 Å². The summed E-state index contributed by atoms with van der Waals surface area (Å²) < 4.78 is 0. The van der Waals surface area contributed by atoms with Gasteiger partial charge in [0.15, 0.2) is 0 Å². The second-order valence-corrected chi connectivity index (χ2v) is 7.84. The zero-order chi connectivity index (χ0) is 15.6. The van der Waals surface area contributed by atoms with Crippen LogP contribution in [0.15, 0.2) is 24.3 Å². The highest BCUT2D eigenvalue weighted by atomic mass is 16.3. The van der Waals surface area contributed by atoms with E-state index in [0.29, 0.717) is 6.04 Å². The summed E-state index contributed by atoms with van der Waals surface area (Å²) in [6.07, 6.45) is 3.79. The number of rotatable bonds is 4. The van der Waals surface area contributed by atoms with Crippen LogP contribution in [0.4, 0.5) is 0 Å². The topological polar surface area (TPSA) is 26.7 Å². The van der Waals surface area contributed by atoms with Crippen molar-refractivity contribution in [2.24, 2.45) is 5.41 Å². The summed E-state index contributed by atoms with van der Waals surface area (Å²) in [5, 5.41) is 9.51. The highest BCUT2D eigenvalue weighted by Crippen LogP contribution is 2.26. The molecule has 122 valence electrons. The predicted molar refractivity (Wildman–Crippen MR) is 90.9 cm³/mol. The summed E-state index contributed by atoms with van der Waals surface area (Å²) in [6.45, 7) is 10.2. The average Bonchev–Trinajstić information content (AvgIpc) is 2.54. The second kappa shape index (κ2) is 6.69. The largest absolute Gasteiger partial charge is 0.396 e. The van der Waals surface area contributed by atoms with E-state index < -0.39 is 0 Å². The number of hydrogen-bond donors (Lipinski definition) is 1. The van der Waals surface area contributed by atoms with Crippen molar-refractivity contribution in [3.8, 4) is 0 Å². The Bertz CT molecular complexity index is 500. The lowest BCUT2D eigenvalue weighted by Gasteiger charge is -2.43. The lowest BCUT2D eigenvalue weighted by Crippen LogP contribution is -2.51. The third kappa shape index (κ3) is 3.70. The van der Waals surface area contributed by atoms with E-state index >= 15 is 0 Å². The van der Waals surface area contributed by atoms with Crippen molar-refractivity contribution >= 4 is 0 Å². The first-order valence-electron chi connectivity index (χ1n) is 8.71. The standard InChI is InChI=1S/C19H30N2O/c1-19(2,15-22)14-20-10-5-8-18(13-20)21-11-9-16-6-3-4-7-17(16)12-21/h3-4,6-7,18,22H,5,8-15H2,1-2H3/t18-/m0/s1. The molecule has 1 aromatic carbocycles. The van der Waals surface area contributed by atoms with Gasteiger partial charge in [0.05, 0.1) is 0 Å². The third-order valence-electron chi connectivity index (χ3n) is 5.24. The van der Waals surface area contributed by atoms with Gasteiger partial charge < -0.3 is 10.0 Å². The molecule has 22 heavy (non-hydrogen) atoms. The van der Waals surface area contributed by atoms with Gasteiger partial charge in [-0.1, -0.05) is 38.1 Å². The van der Waals surface area contributed by atoms with Crippen molar-refractivity contribution in [1.29, 1.82) is 0 Å². The first-order chi connectivity index (χ1) is 10.6. The lowest BCUT2D eigenvalue weighted by atomic mass is 9.91. The Morgan fingerprint density at radius 2 is 1.95 bits per heavy atom. The zero-order valence-corrected chi connectivity index (χ0v) is 14.1. The van der Waals surface area contributed by atoms with E-state index in [-0.39, 0.29) is 12.0 Å². The van der Waals surface area contributed by atoms with Gasteiger partial charge in [-0.05, 0) is 36.9 Å². The Hall–Kier alpha value is -0.900. The number of benzene rings is 1. The van der Waals surface area contributed by atoms with Crippen LogP contribution >= 0.6 is 0 Å². The number of fused-ring (bicyclic) bond motifs is 1. The van der Waals surface area contributed by atoms with E-state index in [0.717, 1.165) is 19.6 Å². The van der Waals surface area contributed by atoms with Gasteiger partial charge in [0.2, 0.25) is 0 Å². The van der Waals surface area contributed by atoms with Crippen LogP contribution in [0.5, 0.6) is 0 Å². The van der Waals surface area contributed by atoms with Crippen LogP contribution in [0.1, 0.15) is 37.8 Å². The minimum absolute atomic E-state index is 0.0103. The monoisotopic (exact) mass is 302 g/mol. The molecule has 1 fully saturated rings. The van der Waals surface area contributed by atoms with Gasteiger partial charge in [-0.15, -0.1) is 0 Å². The van der Waals surface area contributed by atoms with Crippen LogP contribution in [-0.4, -0.2) is 53.7 Å². The van der Waals surface area contributed by atoms with Crippen LogP contribution in [0.25, 0.3) is 0 Å². The Kier molecular flexibility index (Phi) is 4.86. The number of nitrogens with zero attached hydrogens (tertiary/aromatic N) is 2. The summed E-state index contributed by atoms with van der Waals surface area (Å²) in [7, 11) is 0. The molecule has 0 amide bonds. The quantitative estimate of drug-likeness (QED) is 0.926. The number of aliphatic hydroxyl groups is 1. The zero-order valence-electron chi connectivity index (χ0n) is 14.1. The van der Waals surface area contributed by atoms with Gasteiger partial charge in [-0.3, -0.25) is 4.90 Å². The Morgan fingerprint density at radius 3 is 2.73 bits per heavy atom. The highest BCUT2D eigenvalue weighted by Gasteiger charge is 2.30. The molecule has 0 aromatic heterocycles. The fourth-order valence-electron chi connectivity index (χ4n) is 3.96. The summed E-state index contributed by atoms with van der Waals surface area (Å²) in [4.78, 5) is 5.24. The predicted octanol–water partition coefficient (Wildman–Crippen LogP) is 2.53. The SMILES string of the molecule is CC(C)(CO)CN1CCC[C@H](N2CCc3ccccc3C2)C1. The highest BCUT2D eigenvalue weighted by molar-refractivity contribution is 5.29. The maximum atomic E-state index is 9.51. The van der Waals surface area contributed by atoms with Gasteiger partial charge in [0.1, 0.15) is 0 Å². The maximum Gasteiger partial charge on any atom is 0.0494 e.